The summed E-state index contributed by atoms with van der Waals surface area (Å²) in [5.74, 6) is -1.80. The van der Waals surface area contributed by atoms with Gasteiger partial charge in [0.2, 0.25) is 0 Å². The number of hydrogen-bond acceptors (Lipinski definition) is 3. The molecular weight excluding hydrogens is 375 g/mol. The highest BCUT2D eigenvalue weighted by atomic mass is 35.5. The Kier molecular flexibility index (Phi) is 5.23. The largest absolute Gasteiger partial charge is 0.478 e. The van der Waals surface area contributed by atoms with Crippen molar-refractivity contribution < 1.29 is 14.3 Å². The van der Waals surface area contributed by atoms with Crippen molar-refractivity contribution in [1.82, 2.24) is 9.97 Å². The van der Waals surface area contributed by atoms with Crippen LogP contribution in [-0.4, -0.2) is 21.0 Å². The first kappa shape index (κ1) is 18.6. The van der Waals surface area contributed by atoms with Gasteiger partial charge in [0, 0.05) is 41.4 Å². The minimum Gasteiger partial charge on any atom is -0.478 e. The summed E-state index contributed by atoms with van der Waals surface area (Å²) in [5, 5.41) is 9.27. The Balaban J connectivity index is 1.93. The molecule has 0 amide bonds. The van der Waals surface area contributed by atoms with Crippen LogP contribution in [0.25, 0.3) is 0 Å². The molecule has 6 nitrogen and oxygen atoms in total. The first-order valence-corrected chi connectivity index (χ1v) is 8.31. The highest BCUT2D eigenvalue weighted by Crippen LogP contribution is 2.24. The lowest BCUT2D eigenvalue weighted by molar-refractivity contribution is 0.0696. The third-order valence-electron chi connectivity index (χ3n) is 4.10. The SMILES string of the molecule is O=C(O)c1c[nH]c(=O)c(Cc2cc(Cl)c(Cc3ccc[nH]c3=O)cc2F)c1. The molecular formula is C19H14ClFN2O4. The number of pyridine rings is 2. The highest BCUT2D eigenvalue weighted by molar-refractivity contribution is 6.31. The summed E-state index contributed by atoms with van der Waals surface area (Å²) in [6.07, 6.45) is 2.62. The lowest BCUT2D eigenvalue weighted by Gasteiger charge is -2.09. The first-order valence-electron chi connectivity index (χ1n) is 7.93. The van der Waals surface area contributed by atoms with Crippen LogP contribution in [0.3, 0.4) is 0 Å². The highest BCUT2D eigenvalue weighted by Gasteiger charge is 2.14. The van der Waals surface area contributed by atoms with E-state index >= 15 is 0 Å². The predicted molar refractivity (Wildman–Crippen MR) is 98.1 cm³/mol. The van der Waals surface area contributed by atoms with Gasteiger partial charge in [-0.1, -0.05) is 17.7 Å². The molecule has 27 heavy (non-hydrogen) atoms. The molecule has 2 aromatic heterocycles. The number of benzene rings is 1. The van der Waals surface area contributed by atoms with Gasteiger partial charge in [-0.2, -0.15) is 0 Å². The summed E-state index contributed by atoms with van der Waals surface area (Å²) in [6.45, 7) is 0. The van der Waals surface area contributed by atoms with Gasteiger partial charge in [-0.15, -0.1) is 0 Å². The molecule has 0 radical (unpaired) electrons. The molecule has 3 rings (SSSR count). The lowest BCUT2D eigenvalue weighted by Crippen LogP contribution is -2.15. The van der Waals surface area contributed by atoms with Crippen molar-refractivity contribution in [3.05, 3.63) is 102 Å². The van der Waals surface area contributed by atoms with Gasteiger partial charge < -0.3 is 15.1 Å². The molecule has 3 N–H and O–H groups in total. The van der Waals surface area contributed by atoms with E-state index in [1.807, 2.05) is 0 Å². The Morgan fingerprint density at radius 2 is 1.70 bits per heavy atom. The van der Waals surface area contributed by atoms with Crippen molar-refractivity contribution in [1.29, 1.82) is 0 Å². The Morgan fingerprint density at radius 1 is 1.00 bits per heavy atom. The van der Waals surface area contributed by atoms with Crippen molar-refractivity contribution in [2.75, 3.05) is 0 Å². The predicted octanol–water partition coefficient (Wildman–Crippen LogP) is 2.74. The number of H-pyrrole nitrogens is 2. The Bertz CT molecular complexity index is 1140. The van der Waals surface area contributed by atoms with Gasteiger partial charge >= 0.3 is 5.97 Å². The number of carbonyl (C=O) groups is 1. The van der Waals surface area contributed by atoms with Crippen LogP contribution < -0.4 is 11.1 Å². The second-order valence-electron chi connectivity index (χ2n) is 5.96. The molecule has 138 valence electrons. The number of carboxylic acid groups (broad SMARTS) is 1. The van der Waals surface area contributed by atoms with E-state index in [0.29, 0.717) is 11.1 Å². The number of nitrogens with one attached hydrogen (secondary N) is 2. The summed E-state index contributed by atoms with van der Waals surface area (Å²) < 4.78 is 14.5. The van der Waals surface area contributed by atoms with Crippen LogP contribution in [0.5, 0.6) is 0 Å². The molecule has 0 aliphatic rings. The third kappa shape index (κ3) is 4.15. The zero-order chi connectivity index (χ0) is 19.6. The molecule has 0 spiro atoms. The van der Waals surface area contributed by atoms with Gasteiger partial charge in [0.25, 0.3) is 11.1 Å². The quantitative estimate of drug-likeness (QED) is 0.625. The van der Waals surface area contributed by atoms with E-state index < -0.39 is 17.3 Å². The Morgan fingerprint density at radius 3 is 2.41 bits per heavy atom. The fourth-order valence-electron chi connectivity index (χ4n) is 2.69. The molecule has 0 atom stereocenters. The molecule has 8 heteroatoms. The molecule has 0 fully saturated rings. The summed E-state index contributed by atoms with van der Waals surface area (Å²) >= 11 is 6.23. The Labute approximate surface area is 157 Å². The topological polar surface area (TPSA) is 103 Å². The van der Waals surface area contributed by atoms with Crippen LogP contribution in [-0.2, 0) is 12.8 Å². The maximum atomic E-state index is 14.5. The number of aromatic nitrogens is 2. The molecule has 0 saturated carbocycles. The van der Waals surface area contributed by atoms with Gasteiger partial charge in [0.15, 0.2) is 0 Å². The van der Waals surface area contributed by atoms with Crippen molar-refractivity contribution in [3.8, 4) is 0 Å². The minimum atomic E-state index is -1.20. The average molecular weight is 389 g/mol. The van der Waals surface area contributed by atoms with Crippen molar-refractivity contribution in [2.45, 2.75) is 12.8 Å². The van der Waals surface area contributed by atoms with Crippen molar-refractivity contribution >= 4 is 17.6 Å². The molecule has 0 saturated heterocycles. The van der Waals surface area contributed by atoms with Crippen LogP contribution >= 0.6 is 11.6 Å². The number of aromatic amines is 2. The Hall–Kier alpha value is -3.19. The number of aromatic carboxylic acids is 1. The lowest BCUT2D eigenvalue weighted by atomic mass is 10.00. The van der Waals surface area contributed by atoms with E-state index in [1.54, 1.807) is 12.1 Å². The summed E-state index contributed by atoms with van der Waals surface area (Å²) in [6, 6.07) is 7.09. The van der Waals surface area contributed by atoms with Crippen LogP contribution in [0.1, 0.15) is 32.6 Å². The first-order chi connectivity index (χ1) is 12.8. The van der Waals surface area contributed by atoms with Crippen LogP contribution in [0.2, 0.25) is 5.02 Å². The fourth-order valence-corrected chi connectivity index (χ4v) is 2.94. The van der Waals surface area contributed by atoms with Crippen LogP contribution in [0, 0.1) is 5.82 Å². The van der Waals surface area contributed by atoms with E-state index in [2.05, 4.69) is 9.97 Å². The molecule has 3 aromatic rings. The summed E-state index contributed by atoms with van der Waals surface area (Å²) in [5.41, 5.74) is 0.248. The monoisotopic (exact) mass is 388 g/mol. The van der Waals surface area contributed by atoms with Gasteiger partial charge in [-0.3, -0.25) is 9.59 Å². The second kappa shape index (κ2) is 7.59. The zero-order valence-corrected chi connectivity index (χ0v) is 14.6. The number of hydrogen-bond donors (Lipinski definition) is 3. The van der Waals surface area contributed by atoms with E-state index in [0.717, 1.165) is 6.20 Å². The van der Waals surface area contributed by atoms with Gasteiger partial charge in [0.1, 0.15) is 5.82 Å². The third-order valence-corrected chi connectivity index (χ3v) is 4.46. The number of rotatable bonds is 5. The molecule has 0 bridgehead atoms. The fraction of sp³-hybridized carbons (Fsp3) is 0.105. The van der Waals surface area contributed by atoms with Crippen molar-refractivity contribution in [2.24, 2.45) is 0 Å². The van der Waals surface area contributed by atoms with Crippen LogP contribution in [0.4, 0.5) is 4.39 Å². The van der Waals surface area contributed by atoms with Crippen LogP contribution in [0.15, 0.2) is 52.3 Å². The molecule has 1 aromatic carbocycles. The summed E-state index contributed by atoms with van der Waals surface area (Å²) in [4.78, 5) is 39.6. The minimum absolute atomic E-state index is 0.101. The van der Waals surface area contributed by atoms with E-state index in [-0.39, 0.29) is 40.1 Å². The number of carboxylic acids is 1. The van der Waals surface area contributed by atoms with Gasteiger partial charge in [-0.05, 0) is 35.4 Å². The van der Waals surface area contributed by atoms with Gasteiger partial charge in [-0.25, -0.2) is 9.18 Å². The van der Waals surface area contributed by atoms with Gasteiger partial charge in [0.05, 0.1) is 5.56 Å². The zero-order valence-electron chi connectivity index (χ0n) is 13.9. The maximum Gasteiger partial charge on any atom is 0.337 e. The van der Waals surface area contributed by atoms with E-state index in [1.165, 1.54) is 24.4 Å². The van der Waals surface area contributed by atoms with Crippen molar-refractivity contribution in [3.63, 3.8) is 0 Å². The van der Waals surface area contributed by atoms with E-state index in [9.17, 15) is 18.8 Å². The molecule has 2 heterocycles. The molecule has 0 unspecified atom stereocenters. The maximum absolute atomic E-state index is 14.5. The normalized spacial score (nSPS) is 10.7. The standard InChI is InChI=1S/C19H14ClFN2O4/c20-15-7-12(5-13-6-14(19(26)27)9-23-18(13)25)16(21)8-11(15)4-10-2-1-3-22-17(10)24/h1-3,6-9H,4-5H2,(H,22,24)(H,23,25)(H,26,27). The summed E-state index contributed by atoms with van der Waals surface area (Å²) in [7, 11) is 0. The molecule has 0 aliphatic carbocycles. The van der Waals surface area contributed by atoms with E-state index in [4.69, 9.17) is 16.7 Å². The molecule has 0 aliphatic heterocycles. The number of halogens is 2. The smallest absolute Gasteiger partial charge is 0.337 e. The average Bonchev–Trinajstić information content (AvgIpc) is 2.62. The second-order valence-corrected chi connectivity index (χ2v) is 6.37.